The van der Waals surface area contributed by atoms with Crippen molar-refractivity contribution >= 4 is 35.0 Å². The molecule has 4 heteroatoms. The zero-order chi connectivity index (χ0) is 13.5. The van der Waals surface area contributed by atoms with Gasteiger partial charge in [0.05, 0.1) is 11.5 Å². The molecule has 1 nitrogen and oxygen atoms in total. The molecule has 0 saturated heterocycles. The smallest absolute Gasteiger partial charge is 0.134 e. The Morgan fingerprint density at radius 2 is 1.84 bits per heavy atom. The predicted octanol–water partition coefficient (Wildman–Crippen LogP) is 5.50. The molecule has 2 aromatic carbocycles. The number of hydrogen-bond acceptors (Lipinski definition) is 2. The Morgan fingerprint density at radius 3 is 2.58 bits per heavy atom. The van der Waals surface area contributed by atoms with E-state index in [-0.39, 0.29) is 0 Å². The van der Waals surface area contributed by atoms with E-state index in [9.17, 15) is 0 Å². The van der Waals surface area contributed by atoms with E-state index >= 15 is 0 Å². The van der Waals surface area contributed by atoms with Crippen LogP contribution in [-0.4, -0.2) is 12.5 Å². The van der Waals surface area contributed by atoms with Crippen molar-refractivity contribution in [2.75, 3.05) is 12.5 Å². The molecule has 0 radical (unpaired) electrons. The average Bonchev–Trinajstić information content (AvgIpc) is 2.43. The molecule has 0 aromatic heterocycles. The molecule has 0 fully saturated rings. The van der Waals surface area contributed by atoms with Crippen LogP contribution in [0.15, 0.2) is 58.3 Å². The molecule has 19 heavy (non-hydrogen) atoms. The standard InChI is InChI=1S/C15H14Cl2OS/c16-9-4-10-18-14-11-12(17)7-8-15(14)19-13-5-2-1-3-6-13/h1-3,5-8,11H,4,9-10H2. The van der Waals surface area contributed by atoms with Gasteiger partial charge in [-0.2, -0.15) is 0 Å². The molecule has 0 heterocycles. The maximum atomic E-state index is 6.02. The van der Waals surface area contributed by atoms with Gasteiger partial charge in [0.1, 0.15) is 5.75 Å². The third kappa shape index (κ3) is 4.64. The molecule has 0 saturated carbocycles. The summed E-state index contributed by atoms with van der Waals surface area (Å²) < 4.78 is 5.74. The first-order valence-electron chi connectivity index (χ1n) is 6.01. The molecule has 0 bridgehead atoms. The second-order valence-corrected chi connectivity index (χ2v) is 5.83. The van der Waals surface area contributed by atoms with Gasteiger partial charge in [0, 0.05) is 15.8 Å². The fraction of sp³-hybridized carbons (Fsp3) is 0.200. The van der Waals surface area contributed by atoms with Crippen LogP contribution in [0.3, 0.4) is 0 Å². The van der Waals surface area contributed by atoms with Crippen molar-refractivity contribution in [3.63, 3.8) is 0 Å². The van der Waals surface area contributed by atoms with E-state index in [1.165, 1.54) is 4.90 Å². The number of rotatable bonds is 6. The third-order valence-electron chi connectivity index (χ3n) is 2.41. The molecule has 0 aliphatic rings. The van der Waals surface area contributed by atoms with Crippen LogP contribution in [0.5, 0.6) is 5.75 Å². The van der Waals surface area contributed by atoms with Gasteiger partial charge in [-0.3, -0.25) is 0 Å². The van der Waals surface area contributed by atoms with Crippen molar-refractivity contribution in [2.45, 2.75) is 16.2 Å². The summed E-state index contributed by atoms with van der Waals surface area (Å²) in [6.07, 6.45) is 0.823. The molecule has 0 aliphatic carbocycles. The predicted molar refractivity (Wildman–Crippen MR) is 82.8 cm³/mol. The maximum absolute atomic E-state index is 6.02. The molecule has 0 amide bonds. The Morgan fingerprint density at radius 1 is 1.05 bits per heavy atom. The maximum Gasteiger partial charge on any atom is 0.134 e. The van der Waals surface area contributed by atoms with Crippen LogP contribution in [0.1, 0.15) is 6.42 Å². The quantitative estimate of drug-likeness (QED) is 0.514. The number of hydrogen-bond donors (Lipinski definition) is 0. The lowest BCUT2D eigenvalue weighted by molar-refractivity contribution is 0.311. The highest BCUT2D eigenvalue weighted by Crippen LogP contribution is 2.36. The summed E-state index contributed by atoms with van der Waals surface area (Å²) in [7, 11) is 0. The molecule has 2 aromatic rings. The van der Waals surface area contributed by atoms with Gasteiger partial charge in [0.15, 0.2) is 0 Å². The van der Waals surface area contributed by atoms with E-state index in [1.807, 2.05) is 36.4 Å². The Balaban J connectivity index is 2.14. The molecule has 0 spiro atoms. The van der Waals surface area contributed by atoms with Crippen LogP contribution in [-0.2, 0) is 0 Å². The minimum atomic E-state index is 0.599. The van der Waals surface area contributed by atoms with E-state index < -0.39 is 0 Å². The lowest BCUT2D eigenvalue weighted by atomic mass is 10.3. The highest BCUT2D eigenvalue weighted by molar-refractivity contribution is 7.99. The molecule has 0 unspecified atom stereocenters. The van der Waals surface area contributed by atoms with Gasteiger partial charge in [-0.1, -0.05) is 41.6 Å². The summed E-state index contributed by atoms with van der Waals surface area (Å²) >= 11 is 13.3. The molecule has 0 atom stereocenters. The van der Waals surface area contributed by atoms with Gasteiger partial charge in [-0.25, -0.2) is 0 Å². The minimum absolute atomic E-state index is 0.599. The highest BCUT2D eigenvalue weighted by atomic mass is 35.5. The van der Waals surface area contributed by atoms with Gasteiger partial charge in [-0.05, 0) is 36.8 Å². The largest absolute Gasteiger partial charge is 0.492 e. The Labute approximate surface area is 127 Å². The zero-order valence-corrected chi connectivity index (χ0v) is 12.6. The van der Waals surface area contributed by atoms with Crippen LogP contribution in [0.4, 0.5) is 0 Å². The highest BCUT2D eigenvalue weighted by Gasteiger charge is 2.06. The second-order valence-electron chi connectivity index (χ2n) is 3.90. The van der Waals surface area contributed by atoms with Crippen LogP contribution in [0.2, 0.25) is 5.02 Å². The number of alkyl halides is 1. The summed E-state index contributed by atoms with van der Waals surface area (Å²) in [6.45, 7) is 0.603. The van der Waals surface area contributed by atoms with Gasteiger partial charge in [0.25, 0.3) is 0 Å². The molecule has 0 aliphatic heterocycles. The Hall–Kier alpha value is -0.830. The van der Waals surface area contributed by atoms with Gasteiger partial charge >= 0.3 is 0 Å². The first kappa shape index (κ1) is 14.6. The third-order valence-corrected chi connectivity index (χ3v) is 3.98. The van der Waals surface area contributed by atoms with Crippen molar-refractivity contribution in [2.24, 2.45) is 0 Å². The Kier molecular flexibility index (Phi) is 5.90. The SMILES string of the molecule is ClCCCOc1cc(Cl)ccc1Sc1ccccc1. The van der Waals surface area contributed by atoms with E-state index in [0.717, 1.165) is 17.1 Å². The fourth-order valence-corrected chi connectivity index (χ4v) is 2.70. The minimum Gasteiger partial charge on any atom is -0.492 e. The number of ether oxygens (including phenoxy) is 1. The van der Waals surface area contributed by atoms with Crippen molar-refractivity contribution in [3.8, 4) is 5.75 Å². The number of halogens is 2. The zero-order valence-electron chi connectivity index (χ0n) is 10.3. The summed E-state index contributed by atoms with van der Waals surface area (Å²) in [5.74, 6) is 1.41. The first-order chi connectivity index (χ1) is 9.29. The van der Waals surface area contributed by atoms with Crippen LogP contribution >= 0.6 is 35.0 Å². The van der Waals surface area contributed by atoms with Crippen molar-refractivity contribution in [1.82, 2.24) is 0 Å². The van der Waals surface area contributed by atoms with Crippen LogP contribution in [0.25, 0.3) is 0 Å². The van der Waals surface area contributed by atoms with E-state index in [2.05, 4.69) is 12.1 Å². The average molecular weight is 313 g/mol. The van der Waals surface area contributed by atoms with E-state index in [1.54, 1.807) is 11.8 Å². The summed E-state index contributed by atoms with van der Waals surface area (Å²) in [5, 5.41) is 0.679. The van der Waals surface area contributed by atoms with Crippen molar-refractivity contribution in [1.29, 1.82) is 0 Å². The summed E-state index contributed by atoms with van der Waals surface area (Å²) in [6, 6.07) is 15.9. The fourth-order valence-electron chi connectivity index (χ4n) is 1.53. The molecule has 0 N–H and O–H groups in total. The van der Waals surface area contributed by atoms with Gasteiger partial charge in [0.2, 0.25) is 0 Å². The lowest BCUT2D eigenvalue weighted by Crippen LogP contribution is -1.98. The number of benzene rings is 2. The van der Waals surface area contributed by atoms with Gasteiger partial charge in [-0.15, -0.1) is 11.6 Å². The first-order valence-corrected chi connectivity index (χ1v) is 7.73. The van der Waals surface area contributed by atoms with Crippen molar-refractivity contribution < 1.29 is 4.74 Å². The second kappa shape index (κ2) is 7.68. The van der Waals surface area contributed by atoms with E-state index in [0.29, 0.717) is 17.5 Å². The van der Waals surface area contributed by atoms with Crippen molar-refractivity contribution in [3.05, 3.63) is 53.6 Å². The molecular formula is C15H14Cl2OS. The van der Waals surface area contributed by atoms with Crippen LogP contribution in [0, 0.1) is 0 Å². The normalized spacial score (nSPS) is 10.4. The topological polar surface area (TPSA) is 9.23 Å². The molecular weight excluding hydrogens is 299 g/mol. The van der Waals surface area contributed by atoms with Crippen LogP contribution < -0.4 is 4.74 Å². The summed E-state index contributed by atoms with van der Waals surface area (Å²) in [5.41, 5.74) is 0. The monoisotopic (exact) mass is 312 g/mol. The Bertz CT molecular complexity index is 517. The molecule has 2 rings (SSSR count). The summed E-state index contributed by atoms with van der Waals surface area (Å²) in [4.78, 5) is 2.23. The van der Waals surface area contributed by atoms with Gasteiger partial charge < -0.3 is 4.74 Å². The lowest BCUT2D eigenvalue weighted by Gasteiger charge is -2.11. The van der Waals surface area contributed by atoms with E-state index in [4.69, 9.17) is 27.9 Å². The molecule has 100 valence electrons.